The summed E-state index contributed by atoms with van der Waals surface area (Å²) in [6.07, 6.45) is -0.278. The van der Waals surface area contributed by atoms with E-state index in [2.05, 4.69) is 0 Å². The van der Waals surface area contributed by atoms with E-state index in [0.717, 1.165) is 12.1 Å². The monoisotopic (exact) mass is 301 g/mol. The van der Waals surface area contributed by atoms with Crippen LogP contribution in [0.3, 0.4) is 0 Å². The number of benzene rings is 2. The minimum absolute atomic E-state index is 0.0523. The molecule has 0 heterocycles. The van der Waals surface area contributed by atoms with E-state index < -0.39 is 46.0 Å². The molecule has 0 spiro atoms. The first-order chi connectivity index (χ1) is 9.86. The van der Waals surface area contributed by atoms with Crippen molar-refractivity contribution < 1.29 is 26.3 Å². The van der Waals surface area contributed by atoms with E-state index in [9.17, 15) is 26.3 Å². The topological polar surface area (TPSA) is 23.8 Å². The Morgan fingerprint density at radius 2 is 1.29 bits per heavy atom. The lowest BCUT2D eigenvalue weighted by atomic mass is 10.00. The Hall–Kier alpha value is -2.49. The molecule has 0 aromatic heterocycles. The minimum Gasteiger partial charge on any atom is -0.207 e. The van der Waals surface area contributed by atoms with Crippen LogP contribution in [0, 0.1) is 46.2 Å². The van der Waals surface area contributed by atoms with Crippen molar-refractivity contribution in [1.29, 1.82) is 5.26 Å². The molecule has 0 saturated heterocycles. The maximum atomic E-state index is 13.6. The Morgan fingerprint density at radius 3 is 1.81 bits per heavy atom. The van der Waals surface area contributed by atoms with E-state index in [4.69, 9.17) is 5.26 Å². The highest BCUT2D eigenvalue weighted by Gasteiger charge is 2.26. The Labute approximate surface area is 115 Å². The lowest BCUT2D eigenvalue weighted by Crippen LogP contribution is -2.04. The van der Waals surface area contributed by atoms with Gasteiger partial charge in [0.2, 0.25) is 5.82 Å². The number of halogens is 6. The number of rotatable bonds is 2. The van der Waals surface area contributed by atoms with Gasteiger partial charge in [0, 0.05) is 0 Å². The van der Waals surface area contributed by atoms with Crippen LogP contribution in [0.25, 0.3) is 11.1 Å². The Kier molecular flexibility index (Phi) is 3.89. The standard InChI is InChI=1S/C14H5F6N/c15-8-4-6(1-2-21)3-7(5-8)9-10(16)12(18)14(20)13(19)11(9)17/h3-5H,1H2. The predicted octanol–water partition coefficient (Wildman–Crippen LogP) is 4.25. The second kappa shape index (κ2) is 5.48. The molecule has 0 N–H and O–H groups in total. The molecule has 0 radical (unpaired) electrons. The van der Waals surface area contributed by atoms with Crippen molar-refractivity contribution >= 4 is 0 Å². The highest BCUT2D eigenvalue weighted by atomic mass is 19.2. The van der Waals surface area contributed by atoms with E-state index in [1.54, 1.807) is 6.07 Å². The number of hydrogen-bond donors (Lipinski definition) is 0. The van der Waals surface area contributed by atoms with E-state index in [0.29, 0.717) is 6.07 Å². The second-order valence-electron chi connectivity index (χ2n) is 4.13. The van der Waals surface area contributed by atoms with E-state index >= 15 is 0 Å². The zero-order valence-electron chi connectivity index (χ0n) is 10.2. The van der Waals surface area contributed by atoms with Gasteiger partial charge in [-0.05, 0) is 29.3 Å². The predicted molar refractivity (Wildman–Crippen MR) is 60.9 cm³/mol. The van der Waals surface area contributed by atoms with Crippen LogP contribution >= 0.6 is 0 Å². The fourth-order valence-corrected chi connectivity index (χ4v) is 1.85. The van der Waals surface area contributed by atoms with Crippen molar-refractivity contribution in [2.75, 3.05) is 0 Å². The molecule has 0 unspecified atom stereocenters. The van der Waals surface area contributed by atoms with Gasteiger partial charge in [0.25, 0.3) is 0 Å². The third kappa shape index (κ3) is 2.57. The van der Waals surface area contributed by atoms with E-state index in [1.807, 2.05) is 0 Å². The molecular weight excluding hydrogens is 296 g/mol. The van der Waals surface area contributed by atoms with Gasteiger partial charge in [-0.3, -0.25) is 0 Å². The minimum atomic E-state index is -2.29. The van der Waals surface area contributed by atoms with E-state index in [-0.39, 0.29) is 12.0 Å². The van der Waals surface area contributed by atoms with Crippen molar-refractivity contribution in [2.24, 2.45) is 0 Å². The van der Waals surface area contributed by atoms with Crippen LogP contribution in [-0.2, 0) is 6.42 Å². The van der Waals surface area contributed by atoms with Crippen LogP contribution in [0.2, 0.25) is 0 Å². The van der Waals surface area contributed by atoms with Crippen molar-refractivity contribution in [3.63, 3.8) is 0 Å². The summed E-state index contributed by atoms with van der Waals surface area (Å²) in [5, 5.41) is 8.52. The highest BCUT2D eigenvalue weighted by molar-refractivity contribution is 5.66. The zero-order chi connectivity index (χ0) is 15.7. The van der Waals surface area contributed by atoms with Crippen LogP contribution in [-0.4, -0.2) is 0 Å². The molecule has 108 valence electrons. The number of nitrogens with zero attached hydrogens (tertiary/aromatic N) is 1. The second-order valence-corrected chi connectivity index (χ2v) is 4.13. The van der Waals surface area contributed by atoms with Gasteiger partial charge >= 0.3 is 0 Å². The first-order valence-electron chi connectivity index (χ1n) is 5.55. The normalized spacial score (nSPS) is 10.5. The quantitative estimate of drug-likeness (QED) is 0.462. The molecule has 2 aromatic carbocycles. The molecule has 0 atom stereocenters. The molecule has 0 amide bonds. The Morgan fingerprint density at radius 1 is 0.762 bits per heavy atom. The van der Waals surface area contributed by atoms with Crippen molar-refractivity contribution in [1.82, 2.24) is 0 Å². The lowest BCUT2D eigenvalue weighted by molar-refractivity contribution is 0.381. The first-order valence-corrected chi connectivity index (χ1v) is 5.55. The van der Waals surface area contributed by atoms with Gasteiger partial charge in [0.15, 0.2) is 23.3 Å². The molecule has 1 nitrogen and oxygen atoms in total. The largest absolute Gasteiger partial charge is 0.207 e. The molecule has 21 heavy (non-hydrogen) atoms. The smallest absolute Gasteiger partial charge is 0.200 e. The molecule has 0 aliphatic heterocycles. The summed E-state index contributed by atoms with van der Waals surface area (Å²) in [5.41, 5.74) is -1.71. The maximum absolute atomic E-state index is 13.6. The average Bonchev–Trinajstić information content (AvgIpc) is 2.43. The highest BCUT2D eigenvalue weighted by Crippen LogP contribution is 2.32. The molecule has 0 aliphatic carbocycles. The molecule has 7 heteroatoms. The summed E-state index contributed by atoms with van der Waals surface area (Å²) < 4.78 is 79.8. The average molecular weight is 301 g/mol. The van der Waals surface area contributed by atoms with Gasteiger partial charge in [-0.25, -0.2) is 26.3 Å². The summed E-state index contributed by atoms with van der Waals surface area (Å²) in [4.78, 5) is 0. The van der Waals surface area contributed by atoms with Crippen LogP contribution in [0.1, 0.15) is 5.56 Å². The summed E-state index contributed by atoms with van der Waals surface area (Å²) in [5.74, 6) is -11.6. The first kappa shape index (κ1) is 14.9. The van der Waals surface area contributed by atoms with Gasteiger partial charge in [0.05, 0.1) is 18.1 Å². The van der Waals surface area contributed by atoms with Gasteiger partial charge < -0.3 is 0 Å². The fraction of sp³-hybridized carbons (Fsp3) is 0.0714. The number of nitriles is 1. The Balaban J connectivity index is 2.76. The van der Waals surface area contributed by atoms with Crippen LogP contribution < -0.4 is 0 Å². The van der Waals surface area contributed by atoms with Crippen LogP contribution in [0.5, 0.6) is 0 Å². The number of hydrogen-bond acceptors (Lipinski definition) is 1. The van der Waals surface area contributed by atoms with Crippen molar-refractivity contribution in [3.05, 3.63) is 58.7 Å². The van der Waals surface area contributed by atoms with Crippen molar-refractivity contribution in [3.8, 4) is 17.2 Å². The lowest BCUT2D eigenvalue weighted by Gasteiger charge is -2.09. The van der Waals surface area contributed by atoms with Gasteiger partial charge in [-0.1, -0.05) is 0 Å². The van der Waals surface area contributed by atoms with Gasteiger partial charge in [0.1, 0.15) is 5.82 Å². The fourth-order valence-electron chi connectivity index (χ4n) is 1.85. The molecule has 0 bridgehead atoms. The van der Waals surface area contributed by atoms with Gasteiger partial charge in [-0.2, -0.15) is 5.26 Å². The van der Waals surface area contributed by atoms with Crippen molar-refractivity contribution in [2.45, 2.75) is 6.42 Å². The SMILES string of the molecule is N#CCc1cc(F)cc(-c2c(F)c(F)c(F)c(F)c2F)c1. The zero-order valence-corrected chi connectivity index (χ0v) is 10.2. The molecule has 2 rings (SSSR count). The van der Waals surface area contributed by atoms with Crippen LogP contribution in [0.4, 0.5) is 26.3 Å². The molecular formula is C14H5F6N. The molecule has 0 fully saturated rings. The van der Waals surface area contributed by atoms with E-state index in [1.165, 1.54) is 0 Å². The third-order valence-corrected chi connectivity index (χ3v) is 2.74. The maximum Gasteiger partial charge on any atom is 0.200 e. The molecule has 0 aliphatic rings. The summed E-state index contributed by atoms with van der Waals surface area (Å²) in [6.45, 7) is 0. The summed E-state index contributed by atoms with van der Waals surface area (Å²) >= 11 is 0. The third-order valence-electron chi connectivity index (χ3n) is 2.74. The Bertz CT molecular complexity index is 734. The van der Waals surface area contributed by atoms with Gasteiger partial charge in [-0.15, -0.1) is 0 Å². The summed E-state index contributed by atoms with van der Waals surface area (Å²) in [7, 11) is 0. The van der Waals surface area contributed by atoms with Crippen LogP contribution in [0.15, 0.2) is 18.2 Å². The molecule has 2 aromatic rings. The molecule has 0 saturated carbocycles. The summed E-state index contributed by atoms with van der Waals surface area (Å²) in [6, 6.07) is 4.23.